The van der Waals surface area contributed by atoms with Gasteiger partial charge in [-0.25, -0.2) is 0 Å². The summed E-state index contributed by atoms with van der Waals surface area (Å²) in [6.07, 6.45) is 11.0. The topological polar surface area (TPSA) is 0 Å². The molecule has 0 saturated heterocycles. The number of fused-ring (bicyclic) bond motifs is 4. The third kappa shape index (κ3) is 0.754. The molecule has 4 atom stereocenters. The van der Waals surface area contributed by atoms with E-state index < -0.39 is 0 Å². The van der Waals surface area contributed by atoms with E-state index in [9.17, 15) is 0 Å². The minimum atomic E-state index is 0.672. The highest BCUT2D eigenvalue weighted by Crippen LogP contribution is 2.83. The normalized spacial score (nSPS) is 55.3. The molecule has 0 N–H and O–H groups in total. The van der Waals surface area contributed by atoms with Gasteiger partial charge in [-0.15, -0.1) is 0 Å². The minimum Gasteiger partial charge on any atom is -0.0617 e. The van der Waals surface area contributed by atoms with Crippen molar-refractivity contribution in [3.63, 3.8) is 0 Å². The fourth-order valence-corrected chi connectivity index (χ4v) is 7.37. The van der Waals surface area contributed by atoms with E-state index in [-0.39, 0.29) is 0 Å². The Kier molecular flexibility index (Phi) is 1.59. The van der Waals surface area contributed by atoms with Gasteiger partial charge in [-0.3, -0.25) is 0 Å². The molecule has 0 aromatic heterocycles. The van der Waals surface area contributed by atoms with E-state index in [2.05, 4.69) is 20.8 Å². The van der Waals surface area contributed by atoms with E-state index in [1.165, 1.54) is 12.8 Å². The molecule has 0 radical (unpaired) electrons. The Hall–Kier alpha value is 0. The minimum absolute atomic E-state index is 0.672. The predicted molar refractivity (Wildman–Crippen MR) is 67.1 cm³/mol. The summed E-state index contributed by atoms with van der Waals surface area (Å²) in [6.45, 7) is 7.81. The molecule has 4 aliphatic carbocycles. The summed E-state index contributed by atoms with van der Waals surface area (Å²) in [4.78, 5) is 0. The van der Waals surface area contributed by atoms with Crippen LogP contribution in [0.2, 0.25) is 0 Å². The molecule has 16 heavy (non-hydrogen) atoms. The molecule has 4 fully saturated rings. The summed E-state index contributed by atoms with van der Waals surface area (Å²) < 4.78 is 0. The molecule has 0 amide bonds. The molecule has 0 nitrogen and oxygen atoms in total. The zero-order valence-corrected chi connectivity index (χ0v) is 11.2. The van der Waals surface area contributed by atoms with Crippen molar-refractivity contribution in [2.45, 2.75) is 65.7 Å². The van der Waals surface area contributed by atoms with Gasteiger partial charge in [0.05, 0.1) is 0 Å². The second kappa shape index (κ2) is 2.54. The Morgan fingerprint density at radius 2 is 1.69 bits per heavy atom. The molecule has 4 aliphatic rings. The average Bonchev–Trinajstić information content (AvgIpc) is 2.82. The van der Waals surface area contributed by atoms with Crippen LogP contribution in [0.3, 0.4) is 0 Å². The van der Waals surface area contributed by atoms with Gasteiger partial charge < -0.3 is 0 Å². The summed E-state index contributed by atoms with van der Waals surface area (Å²) in [6, 6.07) is 0. The maximum absolute atomic E-state index is 2.61. The van der Waals surface area contributed by atoms with E-state index >= 15 is 0 Å². The van der Waals surface area contributed by atoms with E-state index in [1.807, 2.05) is 0 Å². The van der Waals surface area contributed by atoms with E-state index in [1.54, 1.807) is 32.1 Å². The molecule has 4 saturated carbocycles. The Labute approximate surface area is 100 Å². The molecule has 0 aromatic rings. The van der Waals surface area contributed by atoms with Crippen LogP contribution in [0.5, 0.6) is 0 Å². The van der Waals surface area contributed by atoms with Gasteiger partial charge >= 0.3 is 0 Å². The van der Waals surface area contributed by atoms with E-state index in [0.29, 0.717) is 5.41 Å². The molecular formula is C16H26. The van der Waals surface area contributed by atoms with Crippen LogP contribution >= 0.6 is 0 Å². The standard InChI is InChI=1S/C16H26/c1-11-13-12-6-9-16(11,14(12,2)3)10-15(13)7-4-5-8-15/h11-13H,4-10H2,1-3H3. The molecular weight excluding hydrogens is 192 g/mol. The fourth-order valence-electron chi connectivity index (χ4n) is 7.37. The van der Waals surface area contributed by atoms with Gasteiger partial charge in [-0.05, 0) is 66.1 Å². The molecule has 0 aromatic carbocycles. The number of hydrogen-bond donors (Lipinski definition) is 0. The Balaban J connectivity index is 1.85. The van der Waals surface area contributed by atoms with Crippen molar-refractivity contribution in [2.24, 2.45) is 34.0 Å². The van der Waals surface area contributed by atoms with Crippen molar-refractivity contribution in [1.82, 2.24) is 0 Å². The zero-order chi connectivity index (χ0) is 11.2. The molecule has 2 spiro atoms. The Bertz CT molecular complexity index is 334. The van der Waals surface area contributed by atoms with Crippen LogP contribution in [0.15, 0.2) is 0 Å². The lowest BCUT2D eigenvalue weighted by molar-refractivity contribution is 0.0161. The monoisotopic (exact) mass is 218 g/mol. The summed E-state index contributed by atoms with van der Waals surface area (Å²) in [7, 11) is 0. The number of rotatable bonds is 0. The maximum atomic E-state index is 2.61. The summed E-state index contributed by atoms with van der Waals surface area (Å²) in [5.74, 6) is 3.23. The molecule has 90 valence electrons. The van der Waals surface area contributed by atoms with Gasteiger partial charge in [-0.1, -0.05) is 33.6 Å². The molecule has 0 heteroatoms. The van der Waals surface area contributed by atoms with Crippen LogP contribution in [0.1, 0.15) is 65.7 Å². The van der Waals surface area contributed by atoms with Gasteiger partial charge in [0, 0.05) is 0 Å². The van der Waals surface area contributed by atoms with Crippen molar-refractivity contribution in [1.29, 1.82) is 0 Å². The van der Waals surface area contributed by atoms with E-state index in [4.69, 9.17) is 0 Å². The van der Waals surface area contributed by atoms with Crippen LogP contribution < -0.4 is 0 Å². The molecule has 4 unspecified atom stereocenters. The first-order valence-corrected chi connectivity index (χ1v) is 7.54. The van der Waals surface area contributed by atoms with Crippen molar-refractivity contribution in [3.05, 3.63) is 0 Å². The van der Waals surface area contributed by atoms with Crippen molar-refractivity contribution < 1.29 is 0 Å². The lowest BCUT2D eigenvalue weighted by Gasteiger charge is -2.47. The molecule has 3 bridgehead atoms. The predicted octanol–water partition coefficient (Wildman–Crippen LogP) is 4.64. The second-order valence-electron chi connectivity index (χ2n) is 8.08. The van der Waals surface area contributed by atoms with Gasteiger partial charge in [0.2, 0.25) is 0 Å². The zero-order valence-electron chi connectivity index (χ0n) is 11.2. The lowest BCUT2D eigenvalue weighted by atomic mass is 9.58. The number of hydrogen-bond acceptors (Lipinski definition) is 0. The van der Waals surface area contributed by atoms with Gasteiger partial charge in [0.25, 0.3) is 0 Å². The third-order valence-electron chi connectivity index (χ3n) is 7.93. The van der Waals surface area contributed by atoms with Gasteiger partial charge in [0.15, 0.2) is 0 Å². The molecule has 0 heterocycles. The summed E-state index contributed by atoms with van der Waals surface area (Å²) in [5, 5.41) is 0. The highest BCUT2D eigenvalue weighted by atomic mass is 14.8. The second-order valence-corrected chi connectivity index (χ2v) is 8.08. The maximum Gasteiger partial charge on any atom is -0.0209 e. The SMILES string of the molecule is CC1C2C3CCC1(CC21CCCC1)C3(C)C. The highest BCUT2D eigenvalue weighted by molar-refractivity contribution is 5.24. The largest absolute Gasteiger partial charge is 0.0617 e. The molecule has 0 aliphatic heterocycles. The van der Waals surface area contributed by atoms with Crippen molar-refractivity contribution in [2.75, 3.05) is 0 Å². The Morgan fingerprint density at radius 1 is 1.00 bits per heavy atom. The third-order valence-corrected chi connectivity index (χ3v) is 7.93. The first-order valence-electron chi connectivity index (χ1n) is 7.54. The first-order chi connectivity index (χ1) is 7.54. The van der Waals surface area contributed by atoms with Gasteiger partial charge in [0.1, 0.15) is 0 Å². The molecule has 4 rings (SSSR count). The Morgan fingerprint density at radius 3 is 2.25 bits per heavy atom. The van der Waals surface area contributed by atoms with Crippen LogP contribution in [-0.2, 0) is 0 Å². The van der Waals surface area contributed by atoms with Crippen LogP contribution in [0.4, 0.5) is 0 Å². The van der Waals surface area contributed by atoms with Crippen LogP contribution in [0, 0.1) is 34.0 Å². The van der Waals surface area contributed by atoms with Crippen LogP contribution in [0.25, 0.3) is 0 Å². The van der Waals surface area contributed by atoms with Crippen molar-refractivity contribution in [3.8, 4) is 0 Å². The lowest BCUT2D eigenvalue weighted by Crippen LogP contribution is -2.40. The fraction of sp³-hybridized carbons (Fsp3) is 1.00. The summed E-state index contributed by atoms with van der Waals surface area (Å²) >= 11 is 0. The van der Waals surface area contributed by atoms with Crippen LogP contribution in [-0.4, -0.2) is 0 Å². The average molecular weight is 218 g/mol. The van der Waals surface area contributed by atoms with Gasteiger partial charge in [-0.2, -0.15) is 0 Å². The smallest absolute Gasteiger partial charge is 0.0209 e. The first kappa shape index (κ1) is 9.97. The summed E-state index contributed by atoms with van der Waals surface area (Å²) in [5.41, 5.74) is 2.26. The highest BCUT2D eigenvalue weighted by Gasteiger charge is 2.76. The quantitative estimate of drug-likeness (QED) is 0.555. The van der Waals surface area contributed by atoms with E-state index in [0.717, 1.165) is 28.6 Å². The van der Waals surface area contributed by atoms with Crippen molar-refractivity contribution >= 4 is 0 Å².